The van der Waals surface area contributed by atoms with E-state index in [2.05, 4.69) is 0 Å². The quantitative estimate of drug-likeness (QED) is 0.750. The van der Waals surface area contributed by atoms with Gasteiger partial charge in [-0.05, 0) is 42.5 Å². The summed E-state index contributed by atoms with van der Waals surface area (Å²) in [6, 6.07) is 10.3. The van der Waals surface area contributed by atoms with Crippen LogP contribution in [0, 0.1) is 17.1 Å². The van der Waals surface area contributed by atoms with E-state index in [0.717, 1.165) is 12.1 Å². The molecule has 1 heterocycles. The summed E-state index contributed by atoms with van der Waals surface area (Å²) in [6.45, 7) is 2.10. The molecule has 3 rings (SSSR count). The zero-order chi connectivity index (χ0) is 20.3. The van der Waals surface area contributed by atoms with E-state index in [9.17, 15) is 22.4 Å². The van der Waals surface area contributed by atoms with E-state index in [0.29, 0.717) is 43.9 Å². The summed E-state index contributed by atoms with van der Waals surface area (Å²) in [5.74, 6) is -0.715. The number of halogens is 4. The van der Waals surface area contributed by atoms with Crippen LogP contribution in [0.3, 0.4) is 0 Å². The molecule has 1 aliphatic heterocycles. The molecule has 1 amide bonds. The van der Waals surface area contributed by atoms with Gasteiger partial charge < -0.3 is 4.90 Å². The third kappa shape index (κ3) is 4.49. The van der Waals surface area contributed by atoms with Crippen molar-refractivity contribution >= 4 is 5.91 Å². The first-order valence-corrected chi connectivity index (χ1v) is 8.65. The van der Waals surface area contributed by atoms with Crippen molar-refractivity contribution in [1.82, 2.24) is 9.80 Å². The van der Waals surface area contributed by atoms with Gasteiger partial charge in [0.05, 0.1) is 17.2 Å². The highest BCUT2D eigenvalue weighted by Gasteiger charge is 2.30. The SMILES string of the molecule is N#Cc1ccc(F)c(CN2CCN(C(=O)c3ccc(C(F)(F)F)cc3)CC2)c1. The van der Waals surface area contributed by atoms with Crippen LogP contribution in [-0.4, -0.2) is 41.9 Å². The Morgan fingerprint density at radius 1 is 1.04 bits per heavy atom. The van der Waals surface area contributed by atoms with Gasteiger partial charge in [0.15, 0.2) is 0 Å². The summed E-state index contributed by atoms with van der Waals surface area (Å²) in [7, 11) is 0. The minimum Gasteiger partial charge on any atom is -0.336 e. The predicted molar refractivity (Wildman–Crippen MR) is 93.7 cm³/mol. The Kier molecular flexibility index (Phi) is 5.66. The van der Waals surface area contributed by atoms with E-state index in [4.69, 9.17) is 5.26 Å². The number of nitriles is 1. The number of alkyl halides is 3. The van der Waals surface area contributed by atoms with Crippen LogP contribution >= 0.6 is 0 Å². The van der Waals surface area contributed by atoms with E-state index >= 15 is 0 Å². The number of carbonyl (C=O) groups excluding carboxylic acids is 1. The van der Waals surface area contributed by atoms with Crippen molar-refractivity contribution in [3.63, 3.8) is 0 Å². The predicted octanol–water partition coefficient (Wildman–Crippen LogP) is 3.67. The van der Waals surface area contributed by atoms with Crippen molar-refractivity contribution in [3.8, 4) is 6.07 Å². The third-order valence-electron chi connectivity index (χ3n) is 4.69. The molecule has 0 spiro atoms. The molecule has 0 N–H and O–H groups in total. The Bertz CT molecular complexity index is 895. The number of hydrogen-bond donors (Lipinski definition) is 0. The second-order valence-electron chi connectivity index (χ2n) is 6.56. The maximum Gasteiger partial charge on any atom is 0.416 e. The van der Waals surface area contributed by atoms with E-state index in [1.54, 1.807) is 4.90 Å². The zero-order valence-corrected chi connectivity index (χ0v) is 14.8. The van der Waals surface area contributed by atoms with Gasteiger partial charge in [-0.3, -0.25) is 9.69 Å². The van der Waals surface area contributed by atoms with Crippen LogP contribution in [0.4, 0.5) is 17.6 Å². The fourth-order valence-corrected chi connectivity index (χ4v) is 3.10. The van der Waals surface area contributed by atoms with Crippen LogP contribution in [0.25, 0.3) is 0 Å². The van der Waals surface area contributed by atoms with Gasteiger partial charge in [-0.15, -0.1) is 0 Å². The smallest absolute Gasteiger partial charge is 0.336 e. The molecule has 0 radical (unpaired) electrons. The molecule has 0 atom stereocenters. The summed E-state index contributed by atoms with van der Waals surface area (Å²) >= 11 is 0. The average Bonchev–Trinajstić information content (AvgIpc) is 2.69. The molecule has 146 valence electrons. The van der Waals surface area contributed by atoms with Gasteiger partial charge >= 0.3 is 6.18 Å². The van der Waals surface area contributed by atoms with E-state index in [1.807, 2.05) is 11.0 Å². The number of hydrogen-bond acceptors (Lipinski definition) is 3. The molecule has 1 fully saturated rings. The van der Waals surface area contributed by atoms with Crippen molar-refractivity contribution in [2.45, 2.75) is 12.7 Å². The molecule has 0 bridgehead atoms. The highest BCUT2D eigenvalue weighted by molar-refractivity contribution is 5.94. The van der Waals surface area contributed by atoms with E-state index in [1.165, 1.54) is 30.3 Å². The Balaban J connectivity index is 1.59. The topological polar surface area (TPSA) is 47.3 Å². The molecule has 0 saturated carbocycles. The third-order valence-corrected chi connectivity index (χ3v) is 4.69. The van der Waals surface area contributed by atoms with E-state index in [-0.39, 0.29) is 17.3 Å². The molecular formula is C20H17F4N3O. The Labute approximate surface area is 159 Å². The lowest BCUT2D eigenvalue weighted by molar-refractivity contribution is -0.137. The molecule has 28 heavy (non-hydrogen) atoms. The lowest BCUT2D eigenvalue weighted by Gasteiger charge is -2.35. The standard InChI is InChI=1S/C20H17F4N3O/c21-18-6-1-14(12-25)11-16(18)13-26-7-9-27(10-8-26)19(28)15-2-4-17(5-3-15)20(22,23)24/h1-6,11H,7-10,13H2. The van der Waals surface area contributed by atoms with Gasteiger partial charge in [-0.2, -0.15) is 18.4 Å². The first-order chi connectivity index (χ1) is 13.3. The highest BCUT2D eigenvalue weighted by Crippen LogP contribution is 2.29. The zero-order valence-electron chi connectivity index (χ0n) is 14.8. The molecule has 2 aromatic carbocycles. The van der Waals surface area contributed by atoms with Crippen LogP contribution in [0.15, 0.2) is 42.5 Å². The summed E-state index contributed by atoms with van der Waals surface area (Å²) < 4.78 is 51.8. The van der Waals surface area contributed by atoms with Crippen molar-refractivity contribution in [3.05, 3.63) is 70.5 Å². The van der Waals surface area contributed by atoms with Gasteiger partial charge in [0.25, 0.3) is 5.91 Å². The molecule has 0 unspecified atom stereocenters. The first kappa shape index (κ1) is 19.8. The monoisotopic (exact) mass is 391 g/mol. The van der Waals surface area contributed by atoms with Gasteiger partial charge in [0, 0.05) is 43.9 Å². The molecule has 0 aromatic heterocycles. The first-order valence-electron chi connectivity index (χ1n) is 8.65. The molecule has 8 heteroatoms. The maximum absolute atomic E-state index is 13.9. The van der Waals surface area contributed by atoms with Gasteiger partial charge in [0.2, 0.25) is 0 Å². The van der Waals surface area contributed by atoms with Crippen LogP contribution in [-0.2, 0) is 12.7 Å². The minimum atomic E-state index is -4.44. The Morgan fingerprint density at radius 2 is 1.68 bits per heavy atom. The minimum absolute atomic E-state index is 0.203. The highest BCUT2D eigenvalue weighted by atomic mass is 19.4. The van der Waals surface area contributed by atoms with Crippen LogP contribution in [0.5, 0.6) is 0 Å². The Morgan fingerprint density at radius 3 is 2.25 bits per heavy atom. The van der Waals surface area contributed by atoms with Gasteiger partial charge in [-0.1, -0.05) is 0 Å². The fourth-order valence-electron chi connectivity index (χ4n) is 3.10. The largest absolute Gasteiger partial charge is 0.416 e. The van der Waals surface area contributed by atoms with Crippen molar-refractivity contribution < 1.29 is 22.4 Å². The number of rotatable bonds is 3. The number of amides is 1. The number of carbonyl (C=O) groups is 1. The number of benzene rings is 2. The second kappa shape index (κ2) is 7.98. The second-order valence-corrected chi connectivity index (χ2v) is 6.56. The van der Waals surface area contributed by atoms with Crippen LogP contribution in [0.2, 0.25) is 0 Å². The molecule has 4 nitrogen and oxygen atoms in total. The average molecular weight is 391 g/mol. The lowest BCUT2D eigenvalue weighted by atomic mass is 10.1. The summed E-state index contributed by atoms with van der Waals surface area (Å²) in [6.07, 6.45) is -4.44. The number of piperazine rings is 1. The summed E-state index contributed by atoms with van der Waals surface area (Å²) in [5.41, 5.74) is 0.207. The number of nitrogens with zero attached hydrogens (tertiary/aromatic N) is 3. The van der Waals surface area contributed by atoms with Gasteiger partial charge in [-0.25, -0.2) is 4.39 Å². The van der Waals surface area contributed by atoms with Gasteiger partial charge in [0.1, 0.15) is 5.82 Å². The van der Waals surface area contributed by atoms with E-state index < -0.39 is 11.7 Å². The Hall–Kier alpha value is -2.92. The summed E-state index contributed by atoms with van der Waals surface area (Å²) in [5, 5.41) is 8.93. The summed E-state index contributed by atoms with van der Waals surface area (Å²) in [4.78, 5) is 16.0. The molecule has 1 aliphatic rings. The van der Waals surface area contributed by atoms with Crippen molar-refractivity contribution in [1.29, 1.82) is 5.26 Å². The van der Waals surface area contributed by atoms with Crippen molar-refractivity contribution in [2.75, 3.05) is 26.2 Å². The normalized spacial score (nSPS) is 15.3. The molecule has 0 aliphatic carbocycles. The lowest BCUT2D eigenvalue weighted by Crippen LogP contribution is -2.48. The van der Waals surface area contributed by atoms with Crippen molar-refractivity contribution in [2.24, 2.45) is 0 Å². The maximum atomic E-state index is 13.9. The van der Waals surface area contributed by atoms with Crippen LogP contribution < -0.4 is 0 Å². The fraction of sp³-hybridized carbons (Fsp3) is 0.300. The molecule has 2 aromatic rings. The molecular weight excluding hydrogens is 374 g/mol. The van der Waals surface area contributed by atoms with Crippen LogP contribution in [0.1, 0.15) is 27.0 Å². The molecule has 1 saturated heterocycles.